The number of carboxylic acids is 2. The molecule has 3 amide bonds. The molecular weight excluding hydrogens is 416 g/mol. The van der Waals surface area contributed by atoms with Crippen LogP contribution in [0.15, 0.2) is 0 Å². The number of amides is 3. The summed E-state index contributed by atoms with van der Waals surface area (Å²) >= 11 is 3.99. The van der Waals surface area contributed by atoms with Gasteiger partial charge < -0.3 is 31.9 Å². The number of aliphatic carboxylic acids is 2. The van der Waals surface area contributed by atoms with Crippen molar-refractivity contribution in [2.24, 2.45) is 17.6 Å². The molecule has 0 aliphatic heterocycles. The lowest BCUT2D eigenvalue weighted by Gasteiger charge is -2.27. The molecule has 0 aliphatic rings. The number of nitrogens with one attached hydrogen (secondary N) is 3. The molecular formula is C18H32N4O7S. The van der Waals surface area contributed by atoms with Crippen molar-refractivity contribution in [3.05, 3.63) is 0 Å². The van der Waals surface area contributed by atoms with E-state index >= 15 is 0 Å². The van der Waals surface area contributed by atoms with Crippen LogP contribution in [0.5, 0.6) is 0 Å². The standard InChI is InChI=1S/C18H32N4O7S/c1-5-9(4)13(19)16(26)22-14(8(2)3)17(27)21-11(7-30)15(25)20-10(18(28)29)6-12(23)24/h8-11,13-14,30H,5-7,19H2,1-4H3,(H,20,25)(H,21,27)(H,22,26)(H,23,24)(H,28,29). The Morgan fingerprint density at radius 2 is 1.43 bits per heavy atom. The fraction of sp³-hybridized carbons (Fsp3) is 0.722. The van der Waals surface area contributed by atoms with Gasteiger partial charge in [-0.25, -0.2) is 4.79 Å². The van der Waals surface area contributed by atoms with E-state index in [0.29, 0.717) is 6.42 Å². The fourth-order valence-electron chi connectivity index (χ4n) is 2.40. The van der Waals surface area contributed by atoms with Gasteiger partial charge in [0.05, 0.1) is 12.5 Å². The van der Waals surface area contributed by atoms with Gasteiger partial charge in [0.15, 0.2) is 0 Å². The average molecular weight is 449 g/mol. The Morgan fingerprint density at radius 1 is 0.900 bits per heavy atom. The molecule has 11 nitrogen and oxygen atoms in total. The van der Waals surface area contributed by atoms with Crippen LogP contribution in [0, 0.1) is 11.8 Å². The minimum Gasteiger partial charge on any atom is -0.481 e. The fourth-order valence-corrected chi connectivity index (χ4v) is 2.66. The van der Waals surface area contributed by atoms with E-state index in [9.17, 15) is 24.0 Å². The summed E-state index contributed by atoms with van der Waals surface area (Å²) in [5, 5.41) is 24.9. The van der Waals surface area contributed by atoms with E-state index < -0.39 is 60.2 Å². The van der Waals surface area contributed by atoms with E-state index in [1.807, 2.05) is 13.8 Å². The first-order valence-electron chi connectivity index (χ1n) is 9.57. The second kappa shape index (κ2) is 13.1. The van der Waals surface area contributed by atoms with Crippen molar-refractivity contribution in [1.82, 2.24) is 16.0 Å². The Hall–Kier alpha value is -2.34. The van der Waals surface area contributed by atoms with Gasteiger partial charge in [-0.2, -0.15) is 12.6 Å². The number of hydrogen-bond donors (Lipinski definition) is 7. The molecule has 0 saturated carbocycles. The number of thiol groups is 1. The Balaban J connectivity index is 5.22. The summed E-state index contributed by atoms with van der Waals surface area (Å²) < 4.78 is 0. The molecule has 0 saturated heterocycles. The van der Waals surface area contributed by atoms with Crippen molar-refractivity contribution >= 4 is 42.3 Å². The number of nitrogens with two attached hydrogens (primary N) is 1. The molecule has 0 fully saturated rings. The van der Waals surface area contributed by atoms with Crippen molar-refractivity contribution in [2.75, 3.05) is 5.75 Å². The molecule has 172 valence electrons. The van der Waals surface area contributed by atoms with E-state index in [4.69, 9.17) is 15.9 Å². The number of carbonyl (C=O) groups excluding carboxylic acids is 3. The third-order valence-electron chi connectivity index (χ3n) is 4.62. The molecule has 5 atom stereocenters. The van der Waals surface area contributed by atoms with Gasteiger partial charge in [0.25, 0.3) is 0 Å². The molecule has 0 rings (SSSR count). The van der Waals surface area contributed by atoms with Gasteiger partial charge in [-0.1, -0.05) is 34.1 Å². The maximum absolute atomic E-state index is 12.7. The summed E-state index contributed by atoms with van der Waals surface area (Å²) in [6.45, 7) is 7.09. The molecule has 5 unspecified atom stereocenters. The van der Waals surface area contributed by atoms with Crippen LogP contribution in [0.3, 0.4) is 0 Å². The molecule has 0 bridgehead atoms. The number of carboxylic acid groups (broad SMARTS) is 2. The van der Waals surface area contributed by atoms with Crippen LogP contribution < -0.4 is 21.7 Å². The van der Waals surface area contributed by atoms with Crippen LogP contribution in [0.25, 0.3) is 0 Å². The van der Waals surface area contributed by atoms with Gasteiger partial charge in [0.1, 0.15) is 18.1 Å². The molecule has 30 heavy (non-hydrogen) atoms. The highest BCUT2D eigenvalue weighted by Crippen LogP contribution is 2.08. The summed E-state index contributed by atoms with van der Waals surface area (Å²) in [4.78, 5) is 59.2. The maximum atomic E-state index is 12.7. The summed E-state index contributed by atoms with van der Waals surface area (Å²) in [6, 6.07) is -4.70. The van der Waals surface area contributed by atoms with Crippen molar-refractivity contribution in [1.29, 1.82) is 0 Å². The monoisotopic (exact) mass is 448 g/mol. The first-order valence-corrected chi connectivity index (χ1v) is 10.2. The van der Waals surface area contributed by atoms with Crippen LogP contribution in [-0.2, 0) is 24.0 Å². The highest BCUT2D eigenvalue weighted by molar-refractivity contribution is 7.80. The van der Waals surface area contributed by atoms with Crippen LogP contribution in [-0.4, -0.2) is 69.8 Å². The summed E-state index contributed by atoms with van der Waals surface area (Å²) in [7, 11) is 0. The number of hydrogen-bond acceptors (Lipinski definition) is 7. The summed E-state index contributed by atoms with van der Waals surface area (Å²) in [6.07, 6.45) is -0.150. The maximum Gasteiger partial charge on any atom is 0.326 e. The van der Waals surface area contributed by atoms with Gasteiger partial charge in [-0.05, 0) is 11.8 Å². The topological polar surface area (TPSA) is 188 Å². The van der Waals surface area contributed by atoms with Crippen LogP contribution in [0.1, 0.15) is 40.5 Å². The Kier molecular flexibility index (Phi) is 12.0. The second-order valence-corrected chi connectivity index (χ2v) is 7.75. The van der Waals surface area contributed by atoms with Crippen molar-refractivity contribution < 1.29 is 34.2 Å². The molecule has 7 N–H and O–H groups in total. The molecule has 0 heterocycles. The second-order valence-electron chi connectivity index (χ2n) is 7.38. The molecule has 0 spiro atoms. The Bertz CT molecular complexity index is 644. The smallest absolute Gasteiger partial charge is 0.326 e. The van der Waals surface area contributed by atoms with Crippen molar-refractivity contribution in [3.63, 3.8) is 0 Å². The quantitative estimate of drug-likeness (QED) is 0.174. The van der Waals surface area contributed by atoms with Gasteiger partial charge in [-0.3, -0.25) is 19.2 Å². The van der Waals surface area contributed by atoms with Crippen LogP contribution in [0.4, 0.5) is 0 Å². The van der Waals surface area contributed by atoms with Crippen molar-refractivity contribution in [2.45, 2.75) is 64.7 Å². The summed E-state index contributed by atoms with van der Waals surface area (Å²) in [5.41, 5.74) is 5.89. The molecule has 0 aromatic rings. The van der Waals surface area contributed by atoms with Gasteiger partial charge in [0.2, 0.25) is 17.7 Å². The molecule has 0 radical (unpaired) electrons. The van der Waals surface area contributed by atoms with E-state index in [2.05, 4.69) is 28.6 Å². The minimum atomic E-state index is -1.66. The lowest BCUT2D eigenvalue weighted by atomic mass is 9.97. The third-order valence-corrected chi connectivity index (χ3v) is 4.98. The van der Waals surface area contributed by atoms with Crippen LogP contribution in [0.2, 0.25) is 0 Å². The van der Waals surface area contributed by atoms with E-state index in [-0.39, 0.29) is 17.6 Å². The van der Waals surface area contributed by atoms with Gasteiger partial charge >= 0.3 is 11.9 Å². The molecule has 0 aromatic heterocycles. The number of rotatable bonds is 13. The van der Waals surface area contributed by atoms with E-state index in [0.717, 1.165) is 0 Å². The van der Waals surface area contributed by atoms with Crippen LogP contribution >= 0.6 is 12.6 Å². The predicted molar refractivity (Wildman–Crippen MR) is 112 cm³/mol. The lowest BCUT2D eigenvalue weighted by Crippen LogP contribution is -2.59. The first-order chi connectivity index (χ1) is 13.8. The highest BCUT2D eigenvalue weighted by Gasteiger charge is 2.32. The van der Waals surface area contributed by atoms with Gasteiger partial charge in [-0.15, -0.1) is 0 Å². The SMILES string of the molecule is CCC(C)C(N)C(=O)NC(C(=O)NC(CS)C(=O)NC(CC(=O)O)C(=O)O)C(C)C. The highest BCUT2D eigenvalue weighted by atomic mass is 32.1. The Morgan fingerprint density at radius 3 is 1.83 bits per heavy atom. The van der Waals surface area contributed by atoms with E-state index in [1.54, 1.807) is 13.8 Å². The zero-order valence-corrected chi connectivity index (χ0v) is 18.4. The molecule has 12 heteroatoms. The summed E-state index contributed by atoms with van der Waals surface area (Å²) in [5.74, 6) is -5.62. The Labute approximate surface area is 180 Å². The minimum absolute atomic E-state index is 0.0981. The van der Waals surface area contributed by atoms with Crippen molar-refractivity contribution in [3.8, 4) is 0 Å². The third kappa shape index (κ3) is 8.99. The average Bonchev–Trinajstić information content (AvgIpc) is 2.66. The molecule has 0 aromatic carbocycles. The first kappa shape index (κ1) is 27.7. The normalized spacial score (nSPS) is 16.0. The largest absolute Gasteiger partial charge is 0.481 e. The van der Waals surface area contributed by atoms with Gasteiger partial charge in [0, 0.05) is 5.75 Å². The molecule has 0 aliphatic carbocycles. The van der Waals surface area contributed by atoms with E-state index in [1.165, 1.54) is 0 Å². The number of carbonyl (C=O) groups is 5. The lowest BCUT2D eigenvalue weighted by molar-refractivity contribution is -0.147. The zero-order valence-electron chi connectivity index (χ0n) is 17.5. The zero-order chi connectivity index (χ0) is 23.6. The predicted octanol–water partition coefficient (Wildman–Crippen LogP) is -1.04.